The monoisotopic (exact) mass is 274 g/mol. The van der Waals surface area contributed by atoms with Crippen molar-refractivity contribution >= 4 is 16.7 Å². The molecule has 0 radical (unpaired) electrons. The number of Topliss-reactive ketones (excluding diaryl/α,β-unsaturated/α-hetero) is 1. The lowest BCUT2D eigenvalue weighted by atomic mass is 10.0. The Morgan fingerprint density at radius 2 is 2.05 bits per heavy atom. The molecule has 0 aliphatic carbocycles. The first-order chi connectivity index (χ1) is 9.19. The number of aliphatic hydroxyl groups is 1. The SMILES string of the molecule is Cc1ccc2c(C(=O)C(C)C)nn(CC(C)(C)O)c2c1. The minimum atomic E-state index is -0.874. The van der Waals surface area contributed by atoms with E-state index in [4.69, 9.17) is 0 Å². The lowest BCUT2D eigenvalue weighted by Crippen LogP contribution is -2.27. The molecule has 1 N–H and O–H groups in total. The Morgan fingerprint density at radius 1 is 1.40 bits per heavy atom. The quantitative estimate of drug-likeness (QED) is 0.872. The molecule has 1 heterocycles. The highest BCUT2D eigenvalue weighted by Crippen LogP contribution is 2.23. The highest BCUT2D eigenvalue weighted by atomic mass is 16.3. The molecular formula is C16H22N2O2. The maximum atomic E-state index is 12.3. The van der Waals surface area contributed by atoms with Crippen LogP contribution in [0.3, 0.4) is 0 Å². The van der Waals surface area contributed by atoms with Gasteiger partial charge in [0.15, 0.2) is 5.78 Å². The predicted octanol–water partition coefficient (Wildman–Crippen LogP) is 2.95. The van der Waals surface area contributed by atoms with Gasteiger partial charge in [-0.05, 0) is 32.4 Å². The molecule has 0 fully saturated rings. The summed E-state index contributed by atoms with van der Waals surface area (Å²) in [4.78, 5) is 12.3. The summed E-state index contributed by atoms with van der Waals surface area (Å²) >= 11 is 0. The zero-order valence-corrected chi connectivity index (χ0v) is 12.8. The van der Waals surface area contributed by atoms with Crippen LogP contribution in [-0.4, -0.2) is 26.3 Å². The van der Waals surface area contributed by atoms with Crippen molar-refractivity contribution in [2.24, 2.45) is 5.92 Å². The number of hydrogen-bond acceptors (Lipinski definition) is 3. The molecule has 4 heteroatoms. The van der Waals surface area contributed by atoms with Crippen LogP contribution in [0.2, 0.25) is 0 Å². The molecule has 108 valence electrons. The van der Waals surface area contributed by atoms with Gasteiger partial charge < -0.3 is 5.11 Å². The third-order valence-electron chi connectivity index (χ3n) is 3.20. The number of aromatic nitrogens is 2. The van der Waals surface area contributed by atoms with Gasteiger partial charge in [0, 0.05) is 11.3 Å². The Kier molecular flexibility index (Phi) is 3.69. The minimum absolute atomic E-state index is 0.0355. The molecule has 1 aromatic carbocycles. The van der Waals surface area contributed by atoms with Crippen LogP contribution in [0.25, 0.3) is 10.9 Å². The molecule has 0 amide bonds. The summed E-state index contributed by atoms with van der Waals surface area (Å²) in [6.45, 7) is 9.58. The van der Waals surface area contributed by atoms with E-state index in [1.165, 1.54) is 0 Å². The van der Waals surface area contributed by atoms with E-state index in [0.717, 1.165) is 16.5 Å². The van der Waals surface area contributed by atoms with E-state index < -0.39 is 5.60 Å². The van der Waals surface area contributed by atoms with Gasteiger partial charge in [0.2, 0.25) is 0 Å². The van der Waals surface area contributed by atoms with E-state index in [0.29, 0.717) is 12.2 Å². The largest absolute Gasteiger partial charge is 0.389 e. The summed E-state index contributed by atoms with van der Waals surface area (Å²) in [6, 6.07) is 5.93. The Bertz CT molecular complexity index is 648. The van der Waals surface area contributed by atoms with Crippen molar-refractivity contribution in [3.05, 3.63) is 29.5 Å². The van der Waals surface area contributed by atoms with Crippen LogP contribution in [0.1, 0.15) is 43.7 Å². The molecular weight excluding hydrogens is 252 g/mol. The van der Waals surface area contributed by atoms with Crippen molar-refractivity contribution in [3.8, 4) is 0 Å². The number of carbonyl (C=O) groups is 1. The highest BCUT2D eigenvalue weighted by molar-refractivity contribution is 6.06. The van der Waals surface area contributed by atoms with Crippen LogP contribution in [0.15, 0.2) is 18.2 Å². The van der Waals surface area contributed by atoms with E-state index in [-0.39, 0.29) is 11.7 Å². The minimum Gasteiger partial charge on any atom is -0.389 e. The second-order valence-electron chi connectivity index (χ2n) is 6.36. The molecule has 0 saturated heterocycles. The Balaban J connectivity index is 2.63. The van der Waals surface area contributed by atoms with Crippen LogP contribution >= 0.6 is 0 Å². The van der Waals surface area contributed by atoms with Gasteiger partial charge in [-0.2, -0.15) is 5.10 Å². The topological polar surface area (TPSA) is 55.1 Å². The van der Waals surface area contributed by atoms with Crippen molar-refractivity contribution in [2.75, 3.05) is 0 Å². The van der Waals surface area contributed by atoms with Gasteiger partial charge in [-0.1, -0.05) is 26.0 Å². The molecule has 20 heavy (non-hydrogen) atoms. The van der Waals surface area contributed by atoms with Gasteiger partial charge in [-0.3, -0.25) is 9.48 Å². The molecule has 0 unspecified atom stereocenters. The van der Waals surface area contributed by atoms with Crippen molar-refractivity contribution in [1.29, 1.82) is 0 Å². The highest BCUT2D eigenvalue weighted by Gasteiger charge is 2.22. The molecule has 0 atom stereocenters. The Morgan fingerprint density at radius 3 is 2.60 bits per heavy atom. The molecule has 0 aliphatic rings. The maximum Gasteiger partial charge on any atom is 0.186 e. The number of aryl methyl sites for hydroxylation is 1. The zero-order valence-electron chi connectivity index (χ0n) is 12.8. The number of rotatable bonds is 4. The first-order valence-corrected chi connectivity index (χ1v) is 6.93. The summed E-state index contributed by atoms with van der Waals surface area (Å²) in [5.74, 6) is -0.0571. The first kappa shape index (κ1) is 14.7. The van der Waals surface area contributed by atoms with Gasteiger partial charge >= 0.3 is 0 Å². The van der Waals surface area contributed by atoms with E-state index in [1.807, 2.05) is 39.0 Å². The molecule has 2 rings (SSSR count). The van der Waals surface area contributed by atoms with E-state index in [1.54, 1.807) is 18.5 Å². The maximum absolute atomic E-state index is 12.3. The number of hydrogen-bond donors (Lipinski definition) is 1. The van der Waals surface area contributed by atoms with Gasteiger partial charge in [0.1, 0.15) is 5.69 Å². The summed E-state index contributed by atoms with van der Waals surface area (Å²) in [5.41, 5.74) is 1.63. The smallest absolute Gasteiger partial charge is 0.186 e. The summed E-state index contributed by atoms with van der Waals surface area (Å²) < 4.78 is 1.73. The zero-order chi connectivity index (χ0) is 15.1. The van der Waals surface area contributed by atoms with Crippen LogP contribution in [-0.2, 0) is 6.54 Å². The summed E-state index contributed by atoms with van der Waals surface area (Å²) in [7, 11) is 0. The second-order valence-corrected chi connectivity index (χ2v) is 6.36. The Labute approximate surface area is 119 Å². The van der Waals surface area contributed by atoms with Gasteiger partial charge in [-0.25, -0.2) is 0 Å². The average molecular weight is 274 g/mol. The lowest BCUT2D eigenvalue weighted by Gasteiger charge is -2.17. The summed E-state index contributed by atoms with van der Waals surface area (Å²) in [6.07, 6.45) is 0. The molecule has 1 aromatic heterocycles. The van der Waals surface area contributed by atoms with E-state index in [2.05, 4.69) is 5.10 Å². The normalized spacial score (nSPS) is 12.3. The van der Waals surface area contributed by atoms with E-state index >= 15 is 0 Å². The van der Waals surface area contributed by atoms with E-state index in [9.17, 15) is 9.90 Å². The Hall–Kier alpha value is -1.68. The number of benzene rings is 1. The third-order valence-corrected chi connectivity index (χ3v) is 3.20. The number of carbonyl (C=O) groups excluding carboxylic acids is 1. The van der Waals surface area contributed by atoms with Crippen molar-refractivity contribution in [2.45, 2.75) is 46.8 Å². The third kappa shape index (κ3) is 2.90. The van der Waals surface area contributed by atoms with Crippen LogP contribution < -0.4 is 0 Å². The van der Waals surface area contributed by atoms with Crippen LogP contribution in [0.4, 0.5) is 0 Å². The fourth-order valence-corrected chi connectivity index (χ4v) is 2.23. The van der Waals surface area contributed by atoms with Gasteiger partial charge in [0.25, 0.3) is 0 Å². The molecule has 0 aliphatic heterocycles. The van der Waals surface area contributed by atoms with Crippen LogP contribution in [0.5, 0.6) is 0 Å². The van der Waals surface area contributed by atoms with Gasteiger partial charge in [-0.15, -0.1) is 0 Å². The summed E-state index contributed by atoms with van der Waals surface area (Å²) in [5, 5.41) is 15.3. The van der Waals surface area contributed by atoms with Crippen molar-refractivity contribution in [1.82, 2.24) is 9.78 Å². The predicted molar refractivity (Wildman–Crippen MR) is 79.9 cm³/mol. The van der Waals surface area contributed by atoms with Crippen molar-refractivity contribution < 1.29 is 9.90 Å². The number of ketones is 1. The average Bonchev–Trinajstić information content (AvgIpc) is 2.64. The van der Waals surface area contributed by atoms with Crippen LogP contribution in [0, 0.1) is 12.8 Å². The molecule has 0 bridgehead atoms. The molecule has 0 spiro atoms. The molecule has 4 nitrogen and oxygen atoms in total. The second kappa shape index (κ2) is 5.02. The standard InChI is InChI=1S/C16H22N2O2/c1-10(2)15(19)14-12-7-6-11(3)8-13(12)18(17-14)9-16(4,5)20/h6-8,10,20H,9H2,1-5H3. The fraction of sp³-hybridized carbons (Fsp3) is 0.500. The number of fused-ring (bicyclic) bond motifs is 1. The first-order valence-electron chi connectivity index (χ1n) is 6.93. The molecule has 0 saturated carbocycles. The molecule has 2 aromatic rings. The fourth-order valence-electron chi connectivity index (χ4n) is 2.23. The van der Waals surface area contributed by atoms with Gasteiger partial charge in [0.05, 0.1) is 17.7 Å². The number of nitrogens with zero attached hydrogens (tertiary/aromatic N) is 2. The lowest BCUT2D eigenvalue weighted by molar-refractivity contribution is 0.0587. The van der Waals surface area contributed by atoms with Crippen molar-refractivity contribution in [3.63, 3.8) is 0 Å².